The number of aliphatic hydroxyl groups is 1. The highest BCUT2D eigenvalue weighted by molar-refractivity contribution is 8.04. The summed E-state index contributed by atoms with van der Waals surface area (Å²) in [6.45, 7) is 2.06. The molecule has 0 aliphatic rings. The second-order valence-corrected chi connectivity index (χ2v) is 6.25. The molecule has 0 aliphatic carbocycles. The number of nitrogens with zero attached hydrogens (tertiary/aromatic N) is 2. The van der Waals surface area contributed by atoms with Crippen molar-refractivity contribution >= 4 is 38.3 Å². The lowest BCUT2D eigenvalue weighted by Gasteiger charge is -2.30. The molecule has 0 radical (unpaired) electrons. The Hall–Kier alpha value is -1.75. The Bertz CT molecular complexity index is 744. The van der Waals surface area contributed by atoms with Crippen molar-refractivity contribution in [3.05, 3.63) is 54.1 Å². The van der Waals surface area contributed by atoms with Gasteiger partial charge in [-0.15, -0.1) is 0 Å². The number of rotatable bonds is 3. The van der Waals surface area contributed by atoms with Gasteiger partial charge in [0.05, 0.1) is 5.69 Å². The lowest BCUT2D eigenvalue weighted by Crippen LogP contribution is -2.41. The molecule has 0 unspecified atom stereocenters. The van der Waals surface area contributed by atoms with Crippen molar-refractivity contribution in [3.8, 4) is 11.1 Å². The Morgan fingerprint density at radius 3 is 2.32 bits per heavy atom. The number of para-hydroxylation sites is 1. The summed E-state index contributed by atoms with van der Waals surface area (Å²) in [5, 5.41) is 13.9. The van der Waals surface area contributed by atoms with Crippen LogP contribution >= 0.6 is 23.2 Å². The van der Waals surface area contributed by atoms with E-state index in [0.717, 1.165) is 27.8 Å². The van der Waals surface area contributed by atoms with Crippen molar-refractivity contribution in [2.24, 2.45) is 0 Å². The van der Waals surface area contributed by atoms with Crippen molar-refractivity contribution in [1.82, 2.24) is 5.01 Å². The van der Waals surface area contributed by atoms with Gasteiger partial charge in [0.1, 0.15) is 0 Å². The number of hydrazine groups is 1. The Morgan fingerprint density at radius 2 is 1.73 bits per heavy atom. The highest BCUT2D eigenvalue weighted by Crippen LogP contribution is 2.31. The number of aliphatic hydroxyl groups excluding tert-OH is 1. The first kappa shape index (κ1) is 16.6. The monoisotopic (exact) mass is 330 g/mol. The average molecular weight is 330 g/mol. The van der Waals surface area contributed by atoms with Gasteiger partial charge < -0.3 is 5.11 Å². The number of thiocarbonyl (C=S) groups is 1. The molecular formula is C17H18N2OS2. The van der Waals surface area contributed by atoms with Crippen LogP contribution in [0.5, 0.6) is 0 Å². The quantitative estimate of drug-likeness (QED) is 0.675. The molecule has 0 heterocycles. The molecule has 0 aromatic heterocycles. The third kappa shape index (κ3) is 3.71. The van der Waals surface area contributed by atoms with Crippen LogP contribution in [0.3, 0.4) is 0 Å². The van der Waals surface area contributed by atoms with Gasteiger partial charge in [0, 0.05) is 24.0 Å². The van der Waals surface area contributed by atoms with Gasteiger partial charge in [-0.3, -0.25) is 0 Å². The predicted octanol–water partition coefficient (Wildman–Crippen LogP) is 4.16. The van der Waals surface area contributed by atoms with Crippen LogP contribution in [0.4, 0.5) is 5.69 Å². The summed E-state index contributed by atoms with van der Waals surface area (Å²) in [6, 6.07) is 16.3. The first-order valence-electron chi connectivity index (χ1n) is 6.78. The zero-order valence-corrected chi connectivity index (χ0v) is 14.4. The van der Waals surface area contributed by atoms with E-state index < -0.39 is 0 Å². The molecule has 0 saturated carbocycles. The molecule has 0 aliphatic heterocycles. The first-order chi connectivity index (χ1) is 10.5. The molecule has 0 saturated heterocycles. The molecule has 0 fully saturated rings. The average Bonchev–Trinajstić information content (AvgIpc) is 2.49. The van der Waals surface area contributed by atoms with E-state index >= 15 is 0 Å². The summed E-state index contributed by atoms with van der Waals surface area (Å²) in [4.78, 5) is 0. The fourth-order valence-corrected chi connectivity index (χ4v) is 2.85. The summed E-state index contributed by atoms with van der Waals surface area (Å²) >= 11 is 4.71. The van der Waals surface area contributed by atoms with Gasteiger partial charge in [-0.2, -0.15) is 0 Å². The summed E-state index contributed by atoms with van der Waals surface area (Å²) in [5.74, 6) is 0. The van der Waals surface area contributed by atoms with Crippen LogP contribution in [0.1, 0.15) is 5.56 Å². The van der Waals surface area contributed by atoms with Crippen LogP contribution in [0, 0.1) is 6.92 Å². The summed E-state index contributed by atoms with van der Waals surface area (Å²) in [6.07, 6.45) is 0. The van der Waals surface area contributed by atoms with Gasteiger partial charge in [-0.05, 0) is 41.7 Å². The largest absolute Gasteiger partial charge is 0.337 e. The SMILES string of the molecule is Cc1ccc(-c2ccccc2N(C(O)=S=C=S)N(C)C)cc1. The van der Waals surface area contributed by atoms with Crippen LogP contribution in [0.25, 0.3) is 11.1 Å². The van der Waals surface area contributed by atoms with Gasteiger partial charge in [-0.25, -0.2) is 10.0 Å². The third-order valence-electron chi connectivity index (χ3n) is 3.21. The number of hydrogen-bond donors (Lipinski definition) is 1. The minimum absolute atomic E-state index is 0.0690. The first-order valence-corrected chi connectivity index (χ1v) is 8.00. The van der Waals surface area contributed by atoms with E-state index in [1.54, 1.807) is 5.01 Å². The number of benzene rings is 2. The topological polar surface area (TPSA) is 26.7 Å². The number of aryl methyl sites for hydroxylation is 1. The van der Waals surface area contributed by atoms with Crippen LogP contribution in [0.15, 0.2) is 48.5 Å². The highest BCUT2D eigenvalue weighted by Gasteiger charge is 2.17. The Kier molecular flexibility index (Phi) is 5.66. The lowest BCUT2D eigenvalue weighted by molar-refractivity contribution is 0.393. The fraction of sp³-hybridized carbons (Fsp3) is 0.176. The summed E-state index contributed by atoms with van der Waals surface area (Å²) in [5.41, 5.74) is 4.22. The Balaban J connectivity index is 2.62. The molecule has 3 nitrogen and oxygen atoms in total. The van der Waals surface area contributed by atoms with Crippen molar-refractivity contribution in [2.45, 2.75) is 6.92 Å². The highest BCUT2D eigenvalue weighted by atomic mass is 32.1. The van der Waals surface area contributed by atoms with Crippen molar-refractivity contribution in [1.29, 1.82) is 0 Å². The third-order valence-corrected chi connectivity index (χ3v) is 3.90. The van der Waals surface area contributed by atoms with Gasteiger partial charge in [-0.1, -0.05) is 48.0 Å². The van der Waals surface area contributed by atoms with Crippen molar-refractivity contribution < 1.29 is 5.11 Å². The normalized spacial score (nSPS) is 10.2. The van der Waals surface area contributed by atoms with Gasteiger partial charge in [0.15, 0.2) is 0 Å². The standard InChI is InChI=1S/C17H18N2OS2/c1-13-8-10-14(11-9-13)15-6-4-5-7-16(15)19(18(2)3)17(20)22-12-21/h4-11,20H,1-3H3. The van der Waals surface area contributed by atoms with E-state index in [9.17, 15) is 5.11 Å². The zero-order valence-electron chi connectivity index (χ0n) is 12.8. The van der Waals surface area contributed by atoms with Crippen LogP contribution in [-0.4, -0.2) is 33.7 Å². The molecule has 2 rings (SSSR count). The predicted molar refractivity (Wildman–Crippen MR) is 101 cm³/mol. The maximum Gasteiger partial charge on any atom is 0.227 e. The fourth-order valence-electron chi connectivity index (χ4n) is 2.21. The zero-order chi connectivity index (χ0) is 16.1. The Labute approximate surface area is 139 Å². The van der Waals surface area contributed by atoms with Crippen LogP contribution in [0.2, 0.25) is 0 Å². The van der Waals surface area contributed by atoms with Crippen molar-refractivity contribution in [3.63, 3.8) is 0 Å². The molecule has 1 N–H and O–H groups in total. The molecule has 0 bridgehead atoms. The second kappa shape index (κ2) is 7.49. The molecule has 0 spiro atoms. The molecule has 0 amide bonds. The van der Waals surface area contributed by atoms with Crippen LogP contribution in [-0.2, 0) is 0 Å². The van der Waals surface area contributed by atoms with E-state index in [1.165, 1.54) is 5.56 Å². The molecule has 22 heavy (non-hydrogen) atoms. The summed E-state index contributed by atoms with van der Waals surface area (Å²) in [7, 11) is 4.72. The van der Waals surface area contributed by atoms with E-state index in [4.69, 9.17) is 12.2 Å². The van der Waals surface area contributed by atoms with Gasteiger partial charge in [0.25, 0.3) is 0 Å². The van der Waals surface area contributed by atoms with Crippen molar-refractivity contribution in [2.75, 3.05) is 19.1 Å². The Morgan fingerprint density at radius 1 is 1.09 bits per heavy atom. The van der Waals surface area contributed by atoms with Crippen LogP contribution < -0.4 is 5.01 Å². The molecule has 5 heteroatoms. The smallest absolute Gasteiger partial charge is 0.227 e. The van der Waals surface area contributed by atoms with E-state index in [2.05, 4.69) is 35.5 Å². The minimum atomic E-state index is 0.0690. The maximum atomic E-state index is 10.3. The number of hydrogen-bond acceptors (Lipinski definition) is 2. The lowest BCUT2D eigenvalue weighted by atomic mass is 10.0. The van der Waals surface area contributed by atoms with Gasteiger partial charge >= 0.3 is 0 Å². The molecule has 2 aromatic carbocycles. The summed E-state index contributed by atoms with van der Waals surface area (Å²) < 4.78 is 2.48. The van der Waals surface area contributed by atoms with E-state index in [-0.39, 0.29) is 5.17 Å². The molecule has 114 valence electrons. The van der Waals surface area contributed by atoms with Gasteiger partial charge in [0.2, 0.25) is 5.17 Å². The molecule has 2 aromatic rings. The molecule has 0 atom stereocenters. The van der Waals surface area contributed by atoms with E-state index in [0.29, 0.717) is 0 Å². The number of anilines is 1. The van der Waals surface area contributed by atoms with E-state index in [1.807, 2.05) is 43.4 Å². The minimum Gasteiger partial charge on any atom is -0.337 e. The second-order valence-electron chi connectivity index (χ2n) is 5.01. The molecular weight excluding hydrogens is 312 g/mol. The maximum absolute atomic E-state index is 10.3.